The van der Waals surface area contributed by atoms with Crippen LogP contribution in [0.3, 0.4) is 0 Å². The number of hydrogen-bond acceptors (Lipinski definition) is 4. The normalized spacial score (nSPS) is 12.6. The predicted molar refractivity (Wildman–Crippen MR) is 115 cm³/mol. The smallest absolute Gasteiger partial charge is 0.323 e. The zero-order chi connectivity index (χ0) is 25.8. The Morgan fingerprint density at radius 1 is 0.771 bits per heavy atom. The first-order valence-corrected chi connectivity index (χ1v) is 11.6. The summed E-state index contributed by atoms with van der Waals surface area (Å²) in [6.07, 6.45) is 0. The second-order valence-corrected chi connectivity index (χ2v) is 9.20. The third-order valence-electron chi connectivity index (χ3n) is 4.97. The number of carboxylic acids is 1. The van der Waals surface area contributed by atoms with Gasteiger partial charge in [-0.2, -0.15) is 4.72 Å². The molecular weight excluding hydrogens is 495 g/mol. The highest BCUT2D eigenvalue weighted by Gasteiger charge is 2.36. The van der Waals surface area contributed by atoms with E-state index in [0.717, 1.165) is 11.1 Å². The molecule has 6 nitrogen and oxygen atoms in total. The molecule has 1 unspecified atom stereocenters. The Balaban J connectivity index is 1.93. The van der Waals surface area contributed by atoms with Gasteiger partial charge >= 0.3 is 5.97 Å². The average Bonchev–Trinajstić information content (AvgIpc) is 2.82. The number of nitrogens with one attached hydrogen (secondary N) is 1. The molecule has 0 spiro atoms. The summed E-state index contributed by atoms with van der Waals surface area (Å²) >= 11 is 0. The fourth-order valence-corrected chi connectivity index (χ4v) is 4.68. The van der Waals surface area contributed by atoms with Gasteiger partial charge in [0.05, 0.1) is 0 Å². The molecule has 3 rings (SSSR count). The molecule has 0 radical (unpaired) electrons. The van der Waals surface area contributed by atoms with Gasteiger partial charge in [-0.1, -0.05) is 60.7 Å². The van der Waals surface area contributed by atoms with E-state index in [2.05, 4.69) is 0 Å². The van der Waals surface area contributed by atoms with E-state index >= 15 is 0 Å². The summed E-state index contributed by atoms with van der Waals surface area (Å²) in [7, 11) is -5.47. The van der Waals surface area contributed by atoms with Crippen molar-refractivity contribution >= 4 is 16.0 Å². The van der Waals surface area contributed by atoms with Gasteiger partial charge in [0.15, 0.2) is 28.2 Å². The average molecular weight is 514 g/mol. The minimum atomic E-state index is -5.47. The maximum absolute atomic E-state index is 14.1. The van der Waals surface area contributed by atoms with E-state index in [4.69, 9.17) is 0 Å². The van der Waals surface area contributed by atoms with E-state index in [1.165, 1.54) is 0 Å². The third-order valence-corrected chi connectivity index (χ3v) is 6.46. The molecule has 1 atom stereocenters. The van der Waals surface area contributed by atoms with Crippen LogP contribution in [0.2, 0.25) is 0 Å². The van der Waals surface area contributed by atoms with Crippen molar-refractivity contribution in [3.05, 3.63) is 101 Å². The quantitative estimate of drug-likeness (QED) is 0.244. The van der Waals surface area contributed by atoms with Gasteiger partial charge in [-0.3, -0.25) is 9.69 Å². The first-order chi connectivity index (χ1) is 16.5. The zero-order valence-electron chi connectivity index (χ0n) is 17.9. The van der Waals surface area contributed by atoms with Crippen LogP contribution in [0.25, 0.3) is 0 Å². The number of benzene rings is 3. The molecule has 0 amide bonds. The zero-order valence-corrected chi connectivity index (χ0v) is 18.7. The molecule has 0 heterocycles. The minimum absolute atomic E-state index is 0.170. The number of carboxylic acid groups (broad SMARTS) is 1. The Bertz CT molecular complexity index is 1240. The van der Waals surface area contributed by atoms with Gasteiger partial charge in [-0.25, -0.2) is 30.4 Å². The number of nitrogens with zero attached hydrogens (tertiary/aromatic N) is 1. The van der Waals surface area contributed by atoms with Crippen LogP contribution >= 0.6 is 0 Å². The molecule has 0 saturated carbocycles. The molecule has 12 heteroatoms. The lowest BCUT2D eigenvalue weighted by Gasteiger charge is -2.26. The van der Waals surface area contributed by atoms with Crippen LogP contribution in [-0.4, -0.2) is 37.0 Å². The van der Waals surface area contributed by atoms with Crippen molar-refractivity contribution in [2.45, 2.75) is 24.0 Å². The molecule has 3 aromatic carbocycles. The molecule has 0 bridgehead atoms. The molecular formula is C23H19F5N2O4S. The van der Waals surface area contributed by atoms with Gasteiger partial charge in [0, 0.05) is 19.6 Å². The molecule has 35 heavy (non-hydrogen) atoms. The van der Waals surface area contributed by atoms with Crippen molar-refractivity contribution in [2.24, 2.45) is 0 Å². The van der Waals surface area contributed by atoms with Crippen molar-refractivity contribution in [3.8, 4) is 0 Å². The molecule has 0 aliphatic heterocycles. The number of halogens is 5. The Labute approximate surface area is 197 Å². The molecule has 3 aromatic rings. The van der Waals surface area contributed by atoms with Crippen LogP contribution < -0.4 is 4.72 Å². The van der Waals surface area contributed by atoms with Crippen LogP contribution in [0, 0.1) is 29.1 Å². The van der Waals surface area contributed by atoms with Crippen LogP contribution in [0.1, 0.15) is 11.1 Å². The first kappa shape index (κ1) is 26.3. The highest BCUT2D eigenvalue weighted by atomic mass is 32.2. The first-order valence-electron chi connectivity index (χ1n) is 10.1. The second kappa shape index (κ2) is 10.9. The lowest BCUT2D eigenvalue weighted by atomic mass is 10.1. The largest absolute Gasteiger partial charge is 0.480 e. The highest BCUT2D eigenvalue weighted by molar-refractivity contribution is 7.89. The maximum atomic E-state index is 14.1. The molecule has 0 aliphatic carbocycles. The van der Waals surface area contributed by atoms with Gasteiger partial charge in [-0.05, 0) is 11.1 Å². The van der Waals surface area contributed by atoms with E-state index in [-0.39, 0.29) is 13.1 Å². The van der Waals surface area contributed by atoms with Crippen molar-refractivity contribution in [2.75, 3.05) is 6.54 Å². The van der Waals surface area contributed by atoms with Crippen molar-refractivity contribution < 1.29 is 40.3 Å². The van der Waals surface area contributed by atoms with Crippen molar-refractivity contribution in [1.29, 1.82) is 0 Å². The maximum Gasteiger partial charge on any atom is 0.323 e. The number of aliphatic carboxylic acids is 1. The van der Waals surface area contributed by atoms with Crippen molar-refractivity contribution in [1.82, 2.24) is 9.62 Å². The summed E-state index contributed by atoms with van der Waals surface area (Å²) in [5, 5.41) is 9.61. The Hall–Kier alpha value is -3.35. The van der Waals surface area contributed by atoms with E-state index in [1.54, 1.807) is 70.3 Å². The van der Waals surface area contributed by atoms with Gasteiger partial charge in [0.1, 0.15) is 6.04 Å². The number of carbonyl (C=O) groups is 1. The molecule has 0 fully saturated rings. The van der Waals surface area contributed by atoms with Crippen LogP contribution in [0.5, 0.6) is 0 Å². The Morgan fingerprint density at radius 2 is 1.17 bits per heavy atom. The number of hydrogen-bond donors (Lipinski definition) is 2. The van der Waals surface area contributed by atoms with E-state index in [1.807, 2.05) is 0 Å². The topological polar surface area (TPSA) is 86.7 Å². The minimum Gasteiger partial charge on any atom is -0.480 e. The Kier molecular flexibility index (Phi) is 8.20. The summed E-state index contributed by atoms with van der Waals surface area (Å²) in [5.41, 5.74) is 1.52. The summed E-state index contributed by atoms with van der Waals surface area (Å²) < 4.78 is 95.3. The summed E-state index contributed by atoms with van der Waals surface area (Å²) in [6, 6.07) is 15.6. The van der Waals surface area contributed by atoms with E-state index in [0.29, 0.717) is 0 Å². The van der Waals surface area contributed by atoms with Crippen molar-refractivity contribution in [3.63, 3.8) is 0 Å². The van der Waals surface area contributed by atoms with Crippen LogP contribution in [-0.2, 0) is 27.9 Å². The number of rotatable bonds is 10. The van der Waals surface area contributed by atoms with Gasteiger partial charge in [-0.15, -0.1) is 0 Å². The fourth-order valence-electron chi connectivity index (χ4n) is 3.36. The highest BCUT2D eigenvalue weighted by Crippen LogP contribution is 2.27. The lowest BCUT2D eigenvalue weighted by molar-refractivity contribution is -0.139. The third kappa shape index (κ3) is 6.21. The summed E-state index contributed by atoms with van der Waals surface area (Å²) in [4.78, 5) is 11.3. The monoisotopic (exact) mass is 514 g/mol. The Morgan fingerprint density at radius 3 is 1.57 bits per heavy atom. The predicted octanol–water partition coefficient (Wildman–Crippen LogP) is 3.82. The number of sulfonamides is 1. The lowest BCUT2D eigenvalue weighted by Crippen LogP contribution is -2.48. The van der Waals surface area contributed by atoms with Crippen LogP contribution in [0.4, 0.5) is 22.0 Å². The van der Waals surface area contributed by atoms with E-state index in [9.17, 15) is 40.3 Å². The van der Waals surface area contributed by atoms with Gasteiger partial charge < -0.3 is 5.11 Å². The van der Waals surface area contributed by atoms with Gasteiger partial charge in [0.25, 0.3) is 0 Å². The molecule has 0 aromatic heterocycles. The molecule has 0 saturated heterocycles. The standard InChI is InChI=1S/C23H19F5N2O4S/c24-17-18(25)20(27)22(21(28)19(17)26)35(33,34)29-16(23(31)32)13-30(11-14-7-3-1-4-8-14)12-15-9-5-2-6-10-15/h1-10,16,29H,11-13H2,(H,31,32). The van der Waals surface area contributed by atoms with E-state index < -0.39 is 62.6 Å². The molecule has 186 valence electrons. The fraction of sp³-hybridized carbons (Fsp3) is 0.174. The SMILES string of the molecule is O=C(O)C(CN(Cc1ccccc1)Cc1ccccc1)NS(=O)(=O)c1c(F)c(F)c(F)c(F)c1F. The molecule has 2 N–H and O–H groups in total. The summed E-state index contributed by atoms with van der Waals surface area (Å²) in [6.45, 7) is -0.152. The molecule has 0 aliphatic rings. The second-order valence-electron chi connectivity index (χ2n) is 7.55. The van der Waals surface area contributed by atoms with Crippen LogP contribution in [0.15, 0.2) is 65.6 Å². The van der Waals surface area contributed by atoms with Gasteiger partial charge in [0.2, 0.25) is 15.8 Å². The summed E-state index contributed by atoms with van der Waals surface area (Å²) in [5.74, 6) is -14.4.